The molecule has 0 aliphatic heterocycles. The van der Waals surface area contributed by atoms with E-state index in [0.717, 1.165) is 24.0 Å². The second kappa shape index (κ2) is 9.65. The summed E-state index contributed by atoms with van der Waals surface area (Å²) in [4.78, 5) is 27.6. The van der Waals surface area contributed by atoms with Crippen LogP contribution in [-0.4, -0.2) is 35.1 Å². The summed E-state index contributed by atoms with van der Waals surface area (Å²) in [5.74, 6) is 0.188. The zero-order valence-electron chi connectivity index (χ0n) is 18.7. The molecule has 0 heterocycles. The minimum atomic E-state index is -0.244. The summed E-state index contributed by atoms with van der Waals surface area (Å²) in [6.45, 7) is 2.28. The molecule has 3 N–H and O–H groups in total. The predicted molar refractivity (Wildman–Crippen MR) is 128 cm³/mol. The lowest BCUT2D eigenvalue weighted by atomic mass is 10.1. The third-order valence-electron chi connectivity index (χ3n) is 5.62. The number of hydrogen-bond donors (Lipinski definition) is 3. The summed E-state index contributed by atoms with van der Waals surface area (Å²) in [6, 6.07) is 19.5. The molecule has 1 saturated carbocycles. The number of aromatic hydroxyl groups is 1. The lowest BCUT2D eigenvalue weighted by molar-refractivity contribution is 0.102. The molecule has 1 aliphatic carbocycles. The van der Waals surface area contributed by atoms with Crippen LogP contribution in [0.5, 0.6) is 11.5 Å². The second-order valence-corrected chi connectivity index (χ2v) is 8.15. The summed E-state index contributed by atoms with van der Waals surface area (Å²) in [5, 5.41) is 15.7. The van der Waals surface area contributed by atoms with Crippen molar-refractivity contribution in [2.45, 2.75) is 32.4 Å². The second-order valence-electron chi connectivity index (χ2n) is 8.15. The van der Waals surface area contributed by atoms with E-state index in [9.17, 15) is 14.7 Å². The molecule has 0 aromatic heterocycles. The number of ether oxygens (including phenoxy) is 1. The Labute approximate surface area is 193 Å². The van der Waals surface area contributed by atoms with Crippen LogP contribution < -0.4 is 15.4 Å². The van der Waals surface area contributed by atoms with Crippen LogP contribution in [0, 0.1) is 6.92 Å². The van der Waals surface area contributed by atoms with Gasteiger partial charge in [-0.3, -0.25) is 4.79 Å². The van der Waals surface area contributed by atoms with E-state index >= 15 is 0 Å². The van der Waals surface area contributed by atoms with Crippen LogP contribution in [0.2, 0.25) is 0 Å². The van der Waals surface area contributed by atoms with E-state index in [4.69, 9.17) is 4.74 Å². The normalized spacial score (nSPS) is 12.7. The van der Waals surface area contributed by atoms with Crippen LogP contribution in [0.1, 0.15) is 34.3 Å². The Kier molecular flexibility index (Phi) is 6.49. The Hall–Kier alpha value is -4.00. The molecule has 0 atom stereocenters. The maximum absolute atomic E-state index is 13.2. The molecule has 1 aliphatic rings. The third-order valence-corrected chi connectivity index (χ3v) is 5.62. The third kappa shape index (κ3) is 5.44. The predicted octanol–water partition coefficient (Wildman–Crippen LogP) is 5.16. The van der Waals surface area contributed by atoms with Gasteiger partial charge in [0.05, 0.1) is 7.11 Å². The summed E-state index contributed by atoms with van der Waals surface area (Å²) >= 11 is 0. The number of benzene rings is 3. The number of nitrogens with zero attached hydrogens (tertiary/aromatic N) is 1. The van der Waals surface area contributed by atoms with Crippen LogP contribution in [0.25, 0.3) is 0 Å². The molecule has 7 nitrogen and oxygen atoms in total. The molecule has 33 heavy (non-hydrogen) atoms. The molecule has 7 heteroatoms. The van der Waals surface area contributed by atoms with E-state index in [-0.39, 0.29) is 23.7 Å². The summed E-state index contributed by atoms with van der Waals surface area (Å²) < 4.78 is 5.19. The fraction of sp³-hybridized carbons (Fsp3) is 0.231. The monoisotopic (exact) mass is 445 g/mol. The molecular weight excluding hydrogens is 418 g/mol. The Morgan fingerprint density at radius 1 is 1.03 bits per heavy atom. The number of carbonyl (C=O) groups excluding carboxylic acids is 2. The highest BCUT2D eigenvalue weighted by Gasteiger charge is 2.33. The average molecular weight is 446 g/mol. The Balaban J connectivity index is 1.49. The number of amides is 3. The number of methoxy groups -OCH3 is 1. The molecule has 3 aromatic rings. The SMILES string of the molecule is COc1cc(CN(C(=O)Nc2cc(C(=O)Nc3ccccc3)ccc2C)C2CC2)ccc1O. The molecule has 3 amide bonds. The Morgan fingerprint density at radius 2 is 1.79 bits per heavy atom. The largest absolute Gasteiger partial charge is 0.504 e. The maximum atomic E-state index is 13.2. The topological polar surface area (TPSA) is 90.9 Å². The first-order chi connectivity index (χ1) is 15.9. The molecule has 0 spiro atoms. The van der Waals surface area contributed by atoms with E-state index in [2.05, 4.69) is 10.6 Å². The van der Waals surface area contributed by atoms with Crippen molar-refractivity contribution in [3.63, 3.8) is 0 Å². The molecule has 0 unspecified atom stereocenters. The number of carbonyl (C=O) groups is 2. The molecule has 170 valence electrons. The molecule has 0 bridgehead atoms. The van der Waals surface area contributed by atoms with Gasteiger partial charge in [0.25, 0.3) is 5.91 Å². The van der Waals surface area contributed by atoms with Gasteiger partial charge in [-0.25, -0.2) is 4.79 Å². The fourth-order valence-electron chi connectivity index (χ4n) is 3.58. The van der Waals surface area contributed by atoms with E-state index in [0.29, 0.717) is 29.2 Å². The van der Waals surface area contributed by atoms with E-state index in [1.54, 1.807) is 35.2 Å². The van der Waals surface area contributed by atoms with Crippen LogP contribution in [0.15, 0.2) is 66.7 Å². The van der Waals surface area contributed by atoms with Crippen molar-refractivity contribution in [1.82, 2.24) is 4.90 Å². The van der Waals surface area contributed by atoms with Crippen LogP contribution >= 0.6 is 0 Å². The number of urea groups is 1. The Bertz CT molecular complexity index is 1160. The molecule has 4 rings (SSSR count). The minimum Gasteiger partial charge on any atom is -0.504 e. The molecule has 0 saturated heterocycles. The maximum Gasteiger partial charge on any atom is 0.322 e. The number of phenolic OH excluding ortho intramolecular Hbond substituents is 1. The van der Waals surface area contributed by atoms with Gasteiger partial charge in [0.2, 0.25) is 0 Å². The van der Waals surface area contributed by atoms with Crippen molar-refractivity contribution in [3.8, 4) is 11.5 Å². The van der Waals surface area contributed by atoms with Gasteiger partial charge in [-0.15, -0.1) is 0 Å². The zero-order valence-corrected chi connectivity index (χ0v) is 18.7. The van der Waals surface area contributed by atoms with Crippen LogP contribution in [-0.2, 0) is 6.54 Å². The Morgan fingerprint density at radius 3 is 2.48 bits per heavy atom. The van der Waals surface area contributed by atoms with Gasteiger partial charge in [-0.05, 0) is 67.3 Å². The van der Waals surface area contributed by atoms with E-state index in [1.165, 1.54) is 7.11 Å². The van der Waals surface area contributed by atoms with Crippen LogP contribution in [0.4, 0.5) is 16.2 Å². The number of anilines is 2. The molecule has 1 fully saturated rings. The quantitative estimate of drug-likeness (QED) is 0.469. The van der Waals surface area contributed by atoms with Crippen molar-refractivity contribution in [1.29, 1.82) is 0 Å². The lowest BCUT2D eigenvalue weighted by Crippen LogP contribution is -2.36. The van der Waals surface area contributed by atoms with E-state index < -0.39 is 0 Å². The first kappa shape index (κ1) is 22.2. The lowest BCUT2D eigenvalue weighted by Gasteiger charge is -2.24. The first-order valence-corrected chi connectivity index (χ1v) is 10.8. The van der Waals surface area contributed by atoms with Crippen molar-refractivity contribution in [2.75, 3.05) is 17.7 Å². The highest BCUT2D eigenvalue weighted by atomic mass is 16.5. The van der Waals surface area contributed by atoms with Gasteiger partial charge >= 0.3 is 6.03 Å². The van der Waals surface area contributed by atoms with Gasteiger partial charge in [0.1, 0.15) is 0 Å². The summed E-state index contributed by atoms with van der Waals surface area (Å²) in [5.41, 5.74) is 3.48. The fourth-order valence-corrected chi connectivity index (χ4v) is 3.58. The van der Waals surface area contributed by atoms with Gasteiger partial charge < -0.3 is 25.4 Å². The van der Waals surface area contributed by atoms with Crippen molar-refractivity contribution in [3.05, 3.63) is 83.4 Å². The highest BCUT2D eigenvalue weighted by Crippen LogP contribution is 2.32. The average Bonchev–Trinajstić information content (AvgIpc) is 3.65. The first-order valence-electron chi connectivity index (χ1n) is 10.8. The molecule has 0 radical (unpaired) electrons. The highest BCUT2D eigenvalue weighted by molar-refractivity contribution is 6.05. The zero-order chi connectivity index (χ0) is 23.4. The van der Waals surface area contributed by atoms with Gasteiger partial charge in [-0.1, -0.05) is 30.3 Å². The number of para-hydroxylation sites is 1. The smallest absolute Gasteiger partial charge is 0.322 e. The standard InChI is InChI=1S/C26H27N3O4/c1-17-8-10-19(25(31)27-20-6-4-3-5-7-20)15-22(17)28-26(32)29(21-11-12-21)16-18-9-13-23(30)24(14-18)33-2/h3-10,13-15,21,30H,11-12,16H2,1-2H3,(H,27,31)(H,28,32). The van der Waals surface area contributed by atoms with E-state index in [1.807, 2.05) is 43.3 Å². The van der Waals surface area contributed by atoms with Gasteiger partial charge in [0, 0.05) is 29.5 Å². The number of nitrogens with one attached hydrogen (secondary N) is 2. The molecule has 3 aromatic carbocycles. The number of phenols is 1. The minimum absolute atomic E-state index is 0.0601. The number of rotatable bonds is 7. The summed E-state index contributed by atoms with van der Waals surface area (Å²) in [6.07, 6.45) is 1.89. The van der Waals surface area contributed by atoms with Crippen LogP contribution in [0.3, 0.4) is 0 Å². The summed E-state index contributed by atoms with van der Waals surface area (Å²) in [7, 11) is 1.49. The van der Waals surface area contributed by atoms with Crippen molar-refractivity contribution < 1.29 is 19.4 Å². The van der Waals surface area contributed by atoms with Gasteiger partial charge in [0.15, 0.2) is 11.5 Å². The molecular formula is C26H27N3O4. The van der Waals surface area contributed by atoms with Crippen molar-refractivity contribution in [2.24, 2.45) is 0 Å². The van der Waals surface area contributed by atoms with Gasteiger partial charge in [-0.2, -0.15) is 0 Å². The number of aryl methyl sites for hydroxylation is 1. The number of hydrogen-bond acceptors (Lipinski definition) is 4. The van der Waals surface area contributed by atoms with Crippen molar-refractivity contribution >= 4 is 23.3 Å².